The fraction of sp³-hybridized carbons (Fsp3) is 0.750. The van der Waals surface area contributed by atoms with Gasteiger partial charge in [0.1, 0.15) is 11.5 Å². The van der Waals surface area contributed by atoms with Gasteiger partial charge in [-0.2, -0.15) is 0 Å². The maximum absolute atomic E-state index is 5.97. The first-order valence-electron chi connectivity index (χ1n) is 7.70. The molecule has 1 aliphatic rings. The standard InChI is InChI=1S/C16H28N2O/c1-4-17-11-16-13(2)10-15(19-16)12-18(3)14-8-6-5-7-9-14/h10,14,17H,4-9,11-12H2,1-3H3. The lowest BCUT2D eigenvalue weighted by Gasteiger charge is -2.30. The van der Waals surface area contributed by atoms with Crippen molar-refractivity contribution in [1.82, 2.24) is 10.2 Å². The lowest BCUT2D eigenvalue weighted by atomic mass is 9.94. The topological polar surface area (TPSA) is 28.4 Å². The number of nitrogens with zero attached hydrogens (tertiary/aromatic N) is 1. The zero-order valence-corrected chi connectivity index (χ0v) is 12.7. The van der Waals surface area contributed by atoms with Crippen molar-refractivity contribution < 1.29 is 4.42 Å². The fourth-order valence-electron chi connectivity index (χ4n) is 2.98. The molecule has 0 spiro atoms. The zero-order valence-electron chi connectivity index (χ0n) is 12.7. The summed E-state index contributed by atoms with van der Waals surface area (Å²) in [5.41, 5.74) is 1.27. The van der Waals surface area contributed by atoms with Crippen molar-refractivity contribution in [3.8, 4) is 0 Å². The van der Waals surface area contributed by atoms with E-state index in [4.69, 9.17) is 4.42 Å². The number of hydrogen-bond donors (Lipinski definition) is 1. The van der Waals surface area contributed by atoms with Gasteiger partial charge >= 0.3 is 0 Å². The molecule has 1 aromatic rings. The predicted octanol–water partition coefficient (Wildman–Crippen LogP) is 3.46. The summed E-state index contributed by atoms with van der Waals surface area (Å²) in [6.07, 6.45) is 6.88. The molecule has 19 heavy (non-hydrogen) atoms. The Labute approximate surface area is 117 Å². The van der Waals surface area contributed by atoms with E-state index in [1.807, 2.05) is 0 Å². The molecule has 0 aromatic carbocycles. The second-order valence-electron chi connectivity index (χ2n) is 5.81. The fourth-order valence-corrected chi connectivity index (χ4v) is 2.98. The van der Waals surface area contributed by atoms with Gasteiger partial charge in [-0.05, 0) is 45.0 Å². The van der Waals surface area contributed by atoms with Crippen molar-refractivity contribution in [2.45, 2.75) is 65.1 Å². The van der Waals surface area contributed by atoms with Gasteiger partial charge in [0.2, 0.25) is 0 Å². The Balaban J connectivity index is 1.90. The average Bonchev–Trinajstić information content (AvgIpc) is 2.77. The molecule has 3 heteroatoms. The van der Waals surface area contributed by atoms with Gasteiger partial charge in [-0.1, -0.05) is 26.2 Å². The summed E-state index contributed by atoms with van der Waals surface area (Å²) in [6.45, 7) is 7.03. The van der Waals surface area contributed by atoms with Gasteiger partial charge in [0.05, 0.1) is 13.1 Å². The second kappa shape index (κ2) is 7.11. The van der Waals surface area contributed by atoms with Gasteiger partial charge in [0.25, 0.3) is 0 Å². The molecule has 1 heterocycles. The third-order valence-electron chi connectivity index (χ3n) is 4.21. The Kier molecular flexibility index (Phi) is 5.46. The minimum Gasteiger partial charge on any atom is -0.463 e. The largest absolute Gasteiger partial charge is 0.463 e. The van der Waals surface area contributed by atoms with Crippen LogP contribution in [-0.4, -0.2) is 24.5 Å². The van der Waals surface area contributed by atoms with Gasteiger partial charge in [-0.25, -0.2) is 0 Å². The van der Waals surface area contributed by atoms with E-state index in [1.165, 1.54) is 37.7 Å². The van der Waals surface area contributed by atoms with E-state index in [0.717, 1.165) is 37.2 Å². The maximum atomic E-state index is 5.97. The summed E-state index contributed by atoms with van der Waals surface area (Å²) >= 11 is 0. The van der Waals surface area contributed by atoms with Crippen molar-refractivity contribution >= 4 is 0 Å². The molecule has 1 N–H and O–H groups in total. The van der Waals surface area contributed by atoms with Crippen molar-refractivity contribution in [3.05, 3.63) is 23.2 Å². The summed E-state index contributed by atoms with van der Waals surface area (Å²) in [4.78, 5) is 2.47. The molecule has 1 saturated carbocycles. The van der Waals surface area contributed by atoms with Gasteiger partial charge in [-0.15, -0.1) is 0 Å². The van der Waals surface area contributed by atoms with Crippen LogP contribution in [0.2, 0.25) is 0 Å². The smallest absolute Gasteiger partial charge is 0.120 e. The SMILES string of the molecule is CCNCc1oc(CN(C)C2CCCCC2)cc1C. The molecule has 0 aliphatic heterocycles. The maximum Gasteiger partial charge on any atom is 0.120 e. The Morgan fingerprint density at radius 3 is 2.74 bits per heavy atom. The van der Waals surface area contributed by atoms with Crippen LogP contribution in [0.25, 0.3) is 0 Å². The summed E-state index contributed by atoms with van der Waals surface area (Å²) < 4.78 is 5.97. The highest BCUT2D eigenvalue weighted by atomic mass is 16.3. The third-order valence-corrected chi connectivity index (χ3v) is 4.21. The number of nitrogens with one attached hydrogen (secondary N) is 1. The van der Waals surface area contributed by atoms with Crippen LogP contribution in [0.5, 0.6) is 0 Å². The number of hydrogen-bond acceptors (Lipinski definition) is 3. The number of rotatable bonds is 6. The molecule has 108 valence electrons. The highest BCUT2D eigenvalue weighted by Crippen LogP contribution is 2.24. The predicted molar refractivity (Wildman–Crippen MR) is 79.2 cm³/mol. The van der Waals surface area contributed by atoms with Crippen LogP contribution in [0.15, 0.2) is 10.5 Å². The van der Waals surface area contributed by atoms with Crippen LogP contribution in [0.1, 0.15) is 56.1 Å². The Bertz CT molecular complexity index is 380. The van der Waals surface area contributed by atoms with Gasteiger partial charge in [0, 0.05) is 6.04 Å². The van der Waals surface area contributed by atoms with E-state index in [0.29, 0.717) is 0 Å². The van der Waals surface area contributed by atoms with Crippen molar-refractivity contribution in [3.63, 3.8) is 0 Å². The van der Waals surface area contributed by atoms with Gasteiger partial charge in [-0.3, -0.25) is 4.90 Å². The van der Waals surface area contributed by atoms with Crippen LogP contribution in [-0.2, 0) is 13.1 Å². The van der Waals surface area contributed by atoms with Crippen molar-refractivity contribution in [1.29, 1.82) is 0 Å². The first-order chi connectivity index (χ1) is 9.20. The first kappa shape index (κ1) is 14.6. The number of aryl methyl sites for hydroxylation is 1. The molecule has 0 saturated heterocycles. The number of furan rings is 1. The molecule has 0 atom stereocenters. The average molecular weight is 264 g/mol. The van der Waals surface area contributed by atoms with Crippen LogP contribution < -0.4 is 5.32 Å². The highest BCUT2D eigenvalue weighted by Gasteiger charge is 2.19. The molecule has 2 rings (SSSR count). The van der Waals surface area contributed by atoms with Crippen LogP contribution in [0.4, 0.5) is 0 Å². The Morgan fingerprint density at radius 1 is 1.32 bits per heavy atom. The molecule has 3 nitrogen and oxygen atoms in total. The molecule has 0 amide bonds. The van der Waals surface area contributed by atoms with Gasteiger partial charge in [0.15, 0.2) is 0 Å². The van der Waals surface area contributed by atoms with E-state index in [9.17, 15) is 0 Å². The summed E-state index contributed by atoms with van der Waals surface area (Å²) in [5.74, 6) is 2.20. The van der Waals surface area contributed by atoms with E-state index in [1.54, 1.807) is 0 Å². The molecular formula is C16H28N2O. The molecule has 1 aromatic heterocycles. The quantitative estimate of drug-likeness (QED) is 0.853. The van der Waals surface area contributed by atoms with E-state index in [2.05, 4.69) is 37.2 Å². The van der Waals surface area contributed by atoms with Gasteiger partial charge < -0.3 is 9.73 Å². The molecule has 0 bridgehead atoms. The van der Waals surface area contributed by atoms with E-state index >= 15 is 0 Å². The van der Waals surface area contributed by atoms with Crippen LogP contribution in [0, 0.1) is 6.92 Å². The lowest BCUT2D eigenvalue weighted by Crippen LogP contribution is -2.32. The summed E-state index contributed by atoms with van der Waals surface area (Å²) in [7, 11) is 2.23. The normalized spacial score (nSPS) is 17.3. The molecule has 1 aliphatic carbocycles. The van der Waals surface area contributed by atoms with E-state index < -0.39 is 0 Å². The molecule has 0 radical (unpaired) electrons. The minimum absolute atomic E-state index is 0.747. The van der Waals surface area contributed by atoms with Crippen molar-refractivity contribution in [2.24, 2.45) is 0 Å². The van der Waals surface area contributed by atoms with Crippen molar-refractivity contribution in [2.75, 3.05) is 13.6 Å². The minimum atomic E-state index is 0.747. The zero-order chi connectivity index (χ0) is 13.7. The summed E-state index contributed by atoms with van der Waals surface area (Å²) in [6, 6.07) is 2.95. The third kappa shape index (κ3) is 4.08. The van der Waals surface area contributed by atoms with E-state index in [-0.39, 0.29) is 0 Å². The van der Waals surface area contributed by atoms with Crippen LogP contribution >= 0.6 is 0 Å². The first-order valence-corrected chi connectivity index (χ1v) is 7.70. The van der Waals surface area contributed by atoms with Crippen LogP contribution in [0.3, 0.4) is 0 Å². The monoisotopic (exact) mass is 264 g/mol. The molecule has 0 unspecified atom stereocenters. The second-order valence-corrected chi connectivity index (χ2v) is 5.81. The summed E-state index contributed by atoms with van der Waals surface area (Å²) in [5, 5.41) is 3.33. The highest BCUT2D eigenvalue weighted by molar-refractivity contribution is 5.20. The Morgan fingerprint density at radius 2 is 2.05 bits per heavy atom. The Hall–Kier alpha value is -0.800. The molecule has 1 fully saturated rings. The lowest BCUT2D eigenvalue weighted by molar-refractivity contribution is 0.172. The molecular weight excluding hydrogens is 236 g/mol.